The Hall–Kier alpha value is -1.97. The topological polar surface area (TPSA) is 122 Å². The van der Waals surface area contributed by atoms with E-state index in [9.17, 15) is 13.2 Å². The fourth-order valence-corrected chi connectivity index (χ4v) is 2.77. The van der Waals surface area contributed by atoms with Crippen LogP contribution in [-0.4, -0.2) is 36.2 Å². The second-order valence-corrected chi connectivity index (χ2v) is 6.10. The van der Waals surface area contributed by atoms with Crippen molar-refractivity contribution in [3.8, 4) is 0 Å². The van der Waals surface area contributed by atoms with Crippen LogP contribution >= 0.6 is 11.6 Å². The lowest BCUT2D eigenvalue weighted by Crippen LogP contribution is -2.26. The lowest BCUT2D eigenvalue weighted by atomic mass is 10.2. The summed E-state index contributed by atoms with van der Waals surface area (Å²) >= 11 is 5.69. The molecule has 0 fully saturated rings. The van der Waals surface area contributed by atoms with Crippen molar-refractivity contribution in [3.05, 3.63) is 41.0 Å². The number of hydrogen-bond acceptors (Lipinski definition) is 6. The summed E-state index contributed by atoms with van der Waals surface area (Å²) in [5.41, 5.74) is -0.281. The third kappa shape index (κ3) is 3.78. The van der Waals surface area contributed by atoms with Crippen LogP contribution in [0.15, 0.2) is 33.9 Å². The number of halogens is 1. The summed E-state index contributed by atoms with van der Waals surface area (Å²) in [6, 6.07) is 3.45. The fraction of sp³-hybridized carbons (Fsp3) is 0.182. The van der Waals surface area contributed by atoms with Crippen molar-refractivity contribution in [2.75, 3.05) is 6.54 Å². The number of benzene rings is 1. The van der Waals surface area contributed by atoms with E-state index in [1.807, 2.05) is 0 Å². The first-order chi connectivity index (χ1) is 9.90. The second kappa shape index (κ2) is 6.20. The number of carboxylic acids is 1. The van der Waals surface area contributed by atoms with Crippen molar-refractivity contribution in [1.29, 1.82) is 0 Å². The van der Waals surface area contributed by atoms with E-state index in [4.69, 9.17) is 21.2 Å². The molecule has 0 saturated carbocycles. The second-order valence-electron chi connectivity index (χ2n) is 3.93. The molecule has 0 bridgehead atoms. The molecule has 8 nitrogen and oxygen atoms in total. The Morgan fingerprint density at radius 3 is 2.81 bits per heavy atom. The van der Waals surface area contributed by atoms with Crippen LogP contribution < -0.4 is 4.72 Å². The third-order valence-corrected chi connectivity index (χ3v) is 4.30. The Labute approximate surface area is 124 Å². The Morgan fingerprint density at radius 1 is 1.43 bits per heavy atom. The summed E-state index contributed by atoms with van der Waals surface area (Å²) in [5.74, 6) is -1.01. The van der Waals surface area contributed by atoms with Crippen LogP contribution in [0, 0.1) is 0 Å². The molecule has 10 heteroatoms. The monoisotopic (exact) mass is 331 g/mol. The maximum atomic E-state index is 12.0. The first-order valence-corrected chi connectivity index (χ1v) is 7.54. The summed E-state index contributed by atoms with van der Waals surface area (Å²) in [6.07, 6.45) is 1.43. The van der Waals surface area contributed by atoms with E-state index in [-0.39, 0.29) is 28.4 Å². The smallest absolute Gasteiger partial charge is 0.337 e. The molecule has 0 unspecified atom stereocenters. The van der Waals surface area contributed by atoms with Gasteiger partial charge >= 0.3 is 5.97 Å². The van der Waals surface area contributed by atoms with Crippen LogP contribution in [0.25, 0.3) is 0 Å². The Kier molecular flexibility index (Phi) is 4.56. The van der Waals surface area contributed by atoms with E-state index < -0.39 is 16.0 Å². The van der Waals surface area contributed by atoms with Crippen LogP contribution in [0.2, 0.25) is 5.02 Å². The highest BCUT2D eigenvalue weighted by atomic mass is 35.5. The molecule has 0 aliphatic carbocycles. The lowest BCUT2D eigenvalue weighted by molar-refractivity contribution is 0.0697. The molecule has 112 valence electrons. The van der Waals surface area contributed by atoms with Gasteiger partial charge in [0.1, 0.15) is 0 Å². The molecule has 0 aliphatic rings. The lowest BCUT2D eigenvalue weighted by Gasteiger charge is -2.07. The average Bonchev–Trinajstić information content (AvgIpc) is 2.91. The Bertz CT molecular complexity index is 745. The SMILES string of the molecule is O=C(O)c1cc(S(=O)(=O)NCCc2ncno2)ccc1Cl. The molecule has 2 aromatic rings. The maximum absolute atomic E-state index is 12.0. The molecule has 2 N–H and O–H groups in total. The normalized spacial score (nSPS) is 11.5. The largest absolute Gasteiger partial charge is 0.478 e. The molecule has 0 radical (unpaired) electrons. The van der Waals surface area contributed by atoms with E-state index in [1.165, 1.54) is 18.5 Å². The van der Waals surface area contributed by atoms with Gasteiger partial charge in [-0.25, -0.2) is 17.9 Å². The number of nitrogens with one attached hydrogen (secondary N) is 1. The molecule has 1 aromatic carbocycles. The van der Waals surface area contributed by atoms with Gasteiger partial charge in [-0.2, -0.15) is 4.98 Å². The summed E-state index contributed by atoms with van der Waals surface area (Å²) in [6.45, 7) is 0.0373. The highest BCUT2D eigenvalue weighted by Gasteiger charge is 2.18. The zero-order valence-electron chi connectivity index (χ0n) is 10.5. The van der Waals surface area contributed by atoms with Crippen LogP contribution in [0.5, 0.6) is 0 Å². The molecule has 0 amide bonds. The van der Waals surface area contributed by atoms with Crippen molar-refractivity contribution >= 4 is 27.6 Å². The molecule has 0 atom stereocenters. The van der Waals surface area contributed by atoms with E-state index in [2.05, 4.69) is 14.9 Å². The average molecular weight is 332 g/mol. The Morgan fingerprint density at radius 2 is 2.19 bits per heavy atom. The molecular formula is C11H10ClN3O5S. The molecule has 0 saturated heterocycles. The molecule has 1 aromatic heterocycles. The molecule has 1 heterocycles. The summed E-state index contributed by atoms with van der Waals surface area (Å²) in [4.78, 5) is 14.5. The highest BCUT2D eigenvalue weighted by molar-refractivity contribution is 7.89. The number of carbonyl (C=O) groups is 1. The van der Waals surface area contributed by atoms with Gasteiger partial charge in [0.05, 0.1) is 15.5 Å². The van der Waals surface area contributed by atoms with Gasteiger partial charge in [0.15, 0.2) is 6.33 Å². The number of rotatable bonds is 6. The molecular weight excluding hydrogens is 322 g/mol. The predicted octanol–water partition coefficient (Wildman–Crippen LogP) is 0.942. The minimum atomic E-state index is -3.85. The number of hydrogen-bond donors (Lipinski definition) is 2. The van der Waals surface area contributed by atoms with Crippen LogP contribution in [0.3, 0.4) is 0 Å². The number of aromatic carboxylic acids is 1. The number of carboxylic acid groups (broad SMARTS) is 1. The number of sulfonamides is 1. The van der Waals surface area contributed by atoms with E-state index in [0.29, 0.717) is 5.89 Å². The van der Waals surface area contributed by atoms with Crippen LogP contribution in [0.4, 0.5) is 0 Å². The van der Waals surface area contributed by atoms with Crippen molar-refractivity contribution in [3.63, 3.8) is 0 Å². The fourth-order valence-electron chi connectivity index (χ4n) is 1.52. The van der Waals surface area contributed by atoms with Gasteiger partial charge in [-0.1, -0.05) is 16.8 Å². The van der Waals surface area contributed by atoms with Gasteiger partial charge in [0.25, 0.3) is 0 Å². The van der Waals surface area contributed by atoms with Gasteiger partial charge in [-0.3, -0.25) is 0 Å². The van der Waals surface area contributed by atoms with Crippen molar-refractivity contribution < 1.29 is 22.8 Å². The van der Waals surface area contributed by atoms with Crippen LogP contribution in [-0.2, 0) is 16.4 Å². The van der Waals surface area contributed by atoms with E-state index in [0.717, 1.165) is 6.07 Å². The standard InChI is InChI=1S/C11H10ClN3O5S/c12-9-2-1-7(5-8(9)11(16)17)21(18,19)15-4-3-10-13-6-14-20-10/h1-2,5-6,15H,3-4H2,(H,16,17). The van der Waals surface area contributed by atoms with Crippen molar-refractivity contribution in [2.45, 2.75) is 11.3 Å². The molecule has 21 heavy (non-hydrogen) atoms. The zero-order valence-corrected chi connectivity index (χ0v) is 12.1. The highest BCUT2D eigenvalue weighted by Crippen LogP contribution is 2.20. The van der Waals surface area contributed by atoms with Crippen LogP contribution in [0.1, 0.15) is 16.2 Å². The van der Waals surface area contributed by atoms with Gasteiger partial charge in [0, 0.05) is 13.0 Å². The van der Waals surface area contributed by atoms with E-state index >= 15 is 0 Å². The summed E-state index contributed by atoms with van der Waals surface area (Å²) in [7, 11) is -3.85. The van der Waals surface area contributed by atoms with Gasteiger partial charge in [-0.05, 0) is 18.2 Å². The van der Waals surface area contributed by atoms with Crippen molar-refractivity contribution in [1.82, 2.24) is 14.9 Å². The van der Waals surface area contributed by atoms with Gasteiger partial charge in [-0.15, -0.1) is 0 Å². The number of aromatic nitrogens is 2. The minimum absolute atomic E-state index is 0.0349. The zero-order chi connectivity index (χ0) is 15.5. The molecule has 0 spiro atoms. The molecule has 0 aliphatic heterocycles. The molecule has 2 rings (SSSR count). The van der Waals surface area contributed by atoms with Gasteiger partial charge < -0.3 is 9.63 Å². The number of nitrogens with zero attached hydrogens (tertiary/aromatic N) is 2. The van der Waals surface area contributed by atoms with Gasteiger partial charge in [0.2, 0.25) is 15.9 Å². The Balaban J connectivity index is 2.12. The maximum Gasteiger partial charge on any atom is 0.337 e. The predicted molar refractivity (Wildman–Crippen MR) is 71.6 cm³/mol. The first-order valence-electron chi connectivity index (χ1n) is 5.68. The quantitative estimate of drug-likeness (QED) is 0.807. The summed E-state index contributed by atoms with van der Waals surface area (Å²) < 4.78 is 31.1. The first kappa shape index (κ1) is 15.4. The third-order valence-electron chi connectivity index (χ3n) is 2.52. The minimum Gasteiger partial charge on any atom is -0.478 e. The van der Waals surface area contributed by atoms with E-state index in [1.54, 1.807) is 0 Å². The summed E-state index contributed by atoms with van der Waals surface area (Å²) in [5, 5.41) is 12.3. The van der Waals surface area contributed by atoms with Crippen molar-refractivity contribution in [2.24, 2.45) is 0 Å².